The van der Waals surface area contributed by atoms with Gasteiger partial charge in [-0.15, -0.1) is 11.3 Å². The van der Waals surface area contributed by atoms with Crippen LogP contribution in [0.25, 0.3) is 0 Å². The van der Waals surface area contributed by atoms with Crippen molar-refractivity contribution in [2.75, 3.05) is 46.9 Å². The number of ether oxygens (including phenoxy) is 1. The summed E-state index contributed by atoms with van der Waals surface area (Å²) in [5, 5.41) is 15.1. The first-order valence-electron chi connectivity index (χ1n) is 5.83. The van der Waals surface area contributed by atoms with Gasteiger partial charge in [-0.05, 0) is 18.5 Å². The third kappa shape index (κ3) is 6.14. The van der Waals surface area contributed by atoms with Crippen molar-refractivity contribution in [3.63, 3.8) is 0 Å². The lowest BCUT2D eigenvalue weighted by molar-refractivity contribution is 0.157. The van der Waals surface area contributed by atoms with Gasteiger partial charge in [-0.2, -0.15) is 0 Å². The number of likely N-dealkylation sites (N-methyl/N-ethyl adjacent to an activating group) is 1. The van der Waals surface area contributed by atoms with Crippen LogP contribution in [0.5, 0.6) is 0 Å². The predicted molar refractivity (Wildman–Crippen MR) is 71.5 cm³/mol. The van der Waals surface area contributed by atoms with Crippen LogP contribution in [0.4, 0.5) is 0 Å². The molecule has 4 nitrogen and oxygen atoms in total. The largest absolute Gasteiger partial charge is 0.386 e. The van der Waals surface area contributed by atoms with E-state index in [0.29, 0.717) is 6.54 Å². The van der Waals surface area contributed by atoms with Crippen LogP contribution >= 0.6 is 11.3 Å². The van der Waals surface area contributed by atoms with E-state index in [2.05, 4.69) is 17.3 Å². The molecule has 98 valence electrons. The molecule has 0 saturated heterocycles. The maximum Gasteiger partial charge on any atom is 0.101 e. The second kappa shape index (κ2) is 8.60. The number of nitrogens with one attached hydrogen (secondary N) is 1. The summed E-state index contributed by atoms with van der Waals surface area (Å²) in [6, 6.07) is 3.92. The Morgan fingerprint density at radius 3 is 3.00 bits per heavy atom. The minimum atomic E-state index is -0.390. The summed E-state index contributed by atoms with van der Waals surface area (Å²) in [4.78, 5) is 3.22. The van der Waals surface area contributed by atoms with Crippen molar-refractivity contribution < 1.29 is 9.84 Å². The third-order valence-electron chi connectivity index (χ3n) is 2.56. The van der Waals surface area contributed by atoms with Crippen molar-refractivity contribution in [2.24, 2.45) is 0 Å². The molecule has 1 atom stereocenters. The Morgan fingerprint density at radius 1 is 1.53 bits per heavy atom. The van der Waals surface area contributed by atoms with Gasteiger partial charge in [-0.3, -0.25) is 0 Å². The summed E-state index contributed by atoms with van der Waals surface area (Å²) >= 11 is 1.59. The Balaban J connectivity index is 2.04. The number of thiophene rings is 1. The maximum absolute atomic E-state index is 9.83. The summed E-state index contributed by atoms with van der Waals surface area (Å²) in [5.41, 5.74) is 0. The molecule has 0 aliphatic heterocycles. The average Bonchev–Trinajstić information content (AvgIpc) is 2.85. The zero-order valence-corrected chi connectivity index (χ0v) is 11.4. The molecule has 1 rings (SSSR count). The summed E-state index contributed by atoms with van der Waals surface area (Å²) in [5.74, 6) is 0. The third-order valence-corrected chi connectivity index (χ3v) is 3.53. The molecule has 0 aromatic carbocycles. The SMILES string of the molecule is COCCN(C)CCNCC(O)c1cccs1. The van der Waals surface area contributed by atoms with Gasteiger partial charge in [-0.1, -0.05) is 6.07 Å². The predicted octanol–water partition coefficient (Wildman–Crippen LogP) is 0.949. The summed E-state index contributed by atoms with van der Waals surface area (Å²) in [6.07, 6.45) is -0.390. The van der Waals surface area contributed by atoms with Crippen LogP contribution in [0.2, 0.25) is 0 Å². The van der Waals surface area contributed by atoms with Gasteiger partial charge >= 0.3 is 0 Å². The van der Waals surface area contributed by atoms with E-state index in [1.165, 1.54) is 0 Å². The normalized spacial score (nSPS) is 13.2. The maximum atomic E-state index is 9.83. The van der Waals surface area contributed by atoms with Crippen molar-refractivity contribution in [1.29, 1.82) is 0 Å². The lowest BCUT2D eigenvalue weighted by atomic mass is 10.3. The van der Waals surface area contributed by atoms with E-state index in [4.69, 9.17) is 4.74 Å². The van der Waals surface area contributed by atoms with Gasteiger partial charge in [0.2, 0.25) is 0 Å². The van der Waals surface area contributed by atoms with Gasteiger partial charge in [0.1, 0.15) is 6.10 Å². The van der Waals surface area contributed by atoms with E-state index in [9.17, 15) is 5.11 Å². The average molecular weight is 258 g/mol. The first-order chi connectivity index (χ1) is 8.24. The highest BCUT2D eigenvalue weighted by atomic mass is 32.1. The van der Waals surface area contributed by atoms with Gasteiger partial charge < -0.3 is 20.1 Å². The fraction of sp³-hybridized carbons (Fsp3) is 0.667. The Bertz CT molecular complexity index is 280. The van der Waals surface area contributed by atoms with E-state index in [1.54, 1.807) is 18.4 Å². The molecule has 0 radical (unpaired) electrons. The van der Waals surface area contributed by atoms with E-state index in [1.807, 2.05) is 17.5 Å². The zero-order valence-electron chi connectivity index (χ0n) is 10.6. The number of rotatable bonds is 9. The fourth-order valence-electron chi connectivity index (χ4n) is 1.45. The van der Waals surface area contributed by atoms with Crippen LogP contribution < -0.4 is 5.32 Å². The van der Waals surface area contributed by atoms with E-state index >= 15 is 0 Å². The van der Waals surface area contributed by atoms with Crippen LogP contribution in [0, 0.1) is 0 Å². The molecule has 0 spiro atoms. The Labute approximate surface area is 107 Å². The molecule has 2 N–H and O–H groups in total. The van der Waals surface area contributed by atoms with Crippen LogP contribution in [-0.2, 0) is 4.74 Å². The quantitative estimate of drug-likeness (QED) is 0.647. The molecule has 1 unspecified atom stereocenters. The van der Waals surface area contributed by atoms with Crippen molar-refractivity contribution in [1.82, 2.24) is 10.2 Å². The number of nitrogens with zero attached hydrogens (tertiary/aromatic N) is 1. The van der Waals surface area contributed by atoms with E-state index in [-0.39, 0.29) is 6.10 Å². The van der Waals surface area contributed by atoms with Gasteiger partial charge in [0.05, 0.1) is 6.61 Å². The smallest absolute Gasteiger partial charge is 0.101 e. The molecular weight excluding hydrogens is 236 g/mol. The molecule has 0 fully saturated rings. The highest BCUT2D eigenvalue weighted by molar-refractivity contribution is 7.10. The van der Waals surface area contributed by atoms with Gasteiger partial charge in [0.25, 0.3) is 0 Å². The molecule has 0 bridgehead atoms. The molecular formula is C12H22N2O2S. The molecule has 0 aliphatic carbocycles. The number of methoxy groups -OCH3 is 1. The lowest BCUT2D eigenvalue weighted by Gasteiger charge is -2.17. The first kappa shape index (κ1) is 14.6. The Morgan fingerprint density at radius 2 is 2.35 bits per heavy atom. The van der Waals surface area contributed by atoms with Gasteiger partial charge in [0.15, 0.2) is 0 Å². The Kier molecular flexibility index (Phi) is 7.39. The minimum Gasteiger partial charge on any atom is -0.386 e. The van der Waals surface area contributed by atoms with Crippen LogP contribution in [0.1, 0.15) is 11.0 Å². The zero-order chi connectivity index (χ0) is 12.5. The summed E-state index contributed by atoms with van der Waals surface area (Å²) in [6.45, 7) is 4.14. The second-order valence-electron chi connectivity index (χ2n) is 4.03. The van der Waals surface area contributed by atoms with Crippen molar-refractivity contribution in [2.45, 2.75) is 6.10 Å². The second-order valence-corrected chi connectivity index (χ2v) is 5.01. The monoisotopic (exact) mass is 258 g/mol. The van der Waals surface area contributed by atoms with Crippen molar-refractivity contribution in [3.05, 3.63) is 22.4 Å². The number of aliphatic hydroxyl groups excluding tert-OH is 1. The van der Waals surface area contributed by atoms with Gasteiger partial charge in [0, 0.05) is 38.2 Å². The molecule has 1 aromatic rings. The Hall–Kier alpha value is -0.460. The van der Waals surface area contributed by atoms with Gasteiger partial charge in [-0.25, -0.2) is 0 Å². The van der Waals surface area contributed by atoms with Crippen LogP contribution in [0.15, 0.2) is 17.5 Å². The summed E-state index contributed by atoms with van der Waals surface area (Å²) < 4.78 is 5.01. The highest BCUT2D eigenvalue weighted by Crippen LogP contribution is 2.17. The van der Waals surface area contributed by atoms with E-state index in [0.717, 1.165) is 31.1 Å². The van der Waals surface area contributed by atoms with Crippen molar-refractivity contribution >= 4 is 11.3 Å². The van der Waals surface area contributed by atoms with Crippen LogP contribution in [-0.4, -0.2) is 56.9 Å². The number of hydrogen-bond acceptors (Lipinski definition) is 5. The first-order valence-corrected chi connectivity index (χ1v) is 6.71. The highest BCUT2D eigenvalue weighted by Gasteiger charge is 2.07. The lowest BCUT2D eigenvalue weighted by Crippen LogP contribution is -2.33. The number of hydrogen-bond donors (Lipinski definition) is 2. The molecule has 1 aromatic heterocycles. The number of aliphatic hydroxyl groups is 1. The molecule has 1 heterocycles. The topological polar surface area (TPSA) is 44.7 Å². The fourth-order valence-corrected chi connectivity index (χ4v) is 2.16. The molecule has 5 heteroatoms. The van der Waals surface area contributed by atoms with E-state index < -0.39 is 0 Å². The molecule has 0 amide bonds. The molecule has 0 saturated carbocycles. The summed E-state index contributed by atoms with van der Waals surface area (Å²) in [7, 11) is 3.78. The minimum absolute atomic E-state index is 0.390. The van der Waals surface area contributed by atoms with Crippen molar-refractivity contribution in [3.8, 4) is 0 Å². The molecule has 0 aliphatic rings. The van der Waals surface area contributed by atoms with Crippen LogP contribution in [0.3, 0.4) is 0 Å². The standard InChI is InChI=1S/C12H22N2O2S/c1-14(7-8-16-2)6-5-13-10-11(15)12-4-3-9-17-12/h3-4,9,11,13,15H,5-8,10H2,1-2H3. The molecule has 17 heavy (non-hydrogen) atoms.